The van der Waals surface area contributed by atoms with E-state index < -0.39 is 21.5 Å². The molecule has 1 aromatic rings. The molecule has 25 heavy (non-hydrogen) atoms. The number of hydrogen-bond donors (Lipinski definition) is 2. The summed E-state index contributed by atoms with van der Waals surface area (Å²) >= 11 is 0. The monoisotopic (exact) mass is 377 g/mol. The summed E-state index contributed by atoms with van der Waals surface area (Å²) in [4.78, 5) is 4.31. The van der Waals surface area contributed by atoms with Crippen molar-refractivity contribution in [1.29, 1.82) is 0 Å². The van der Waals surface area contributed by atoms with Crippen molar-refractivity contribution in [2.24, 2.45) is 4.99 Å². The molecule has 6 nitrogen and oxygen atoms in total. The third kappa shape index (κ3) is 8.78. The number of rotatable bonds is 9. The molecule has 0 amide bonds. The predicted octanol–water partition coefficient (Wildman–Crippen LogP) is 1.64. The molecule has 0 radical (unpaired) electrons. The Morgan fingerprint density at radius 3 is 2.60 bits per heavy atom. The molecule has 0 aliphatic rings. The Morgan fingerprint density at radius 1 is 1.28 bits per heavy atom. The lowest BCUT2D eigenvalue weighted by Gasteiger charge is -2.18. The van der Waals surface area contributed by atoms with Crippen molar-refractivity contribution in [3.05, 3.63) is 35.4 Å². The first kappa shape index (κ1) is 21.3. The normalized spacial score (nSPS) is 13.6. The third-order valence-electron chi connectivity index (χ3n) is 3.25. The van der Waals surface area contributed by atoms with Crippen LogP contribution in [-0.2, 0) is 14.6 Å². The molecule has 0 aliphatic carbocycles. The lowest BCUT2D eigenvalue weighted by Crippen LogP contribution is -2.39. The molecule has 0 spiro atoms. The van der Waals surface area contributed by atoms with Gasteiger partial charge in [-0.25, -0.2) is 17.2 Å². The van der Waals surface area contributed by atoms with Crippen molar-refractivity contribution in [1.82, 2.24) is 10.6 Å². The van der Waals surface area contributed by atoms with E-state index in [0.29, 0.717) is 24.6 Å². The van der Waals surface area contributed by atoms with Gasteiger partial charge in [-0.15, -0.1) is 0 Å². The van der Waals surface area contributed by atoms with E-state index in [0.717, 1.165) is 18.4 Å². The Morgan fingerprint density at radius 2 is 2.00 bits per heavy atom. The molecular weight excluding hydrogens is 352 g/mol. The van der Waals surface area contributed by atoms with E-state index in [1.807, 2.05) is 13.8 Å². The average Bonchev–Trinajstić information content (AvgIpc) is 2.52. The summed E-state index contributed by atoms with van der Waals surface area (Å²) in [6, 6.07) is 3.46. The molecule has 0 fully saturated rings. The molecule has 0 aliphatic heterocycles. The summed E-state index contributed by atoms with van der Waals surface area (Å²) in [5, 5.41) is 6.14. The topological polar surface area (TPSA) is 79.8 Å². The van der Waals surface area contributed by atoms with Gasteiger partial charge in [-0.2, -0.15) is 0 Å². The summed E-state index contributed by atoms with van der Waals surface area (Å²) in [6.07, 6.45) is 1.15. The van der Waals surface area contributed by atoms with E-state index >= 15 is 0 Å². The van der Waals surface area contributed by atoms with E-state index in [-0.39, 0.29) is 25.0 Å². The van der Waals surface area contributed by atoms with Crippen LogP contribution in [0.1, 0.15) is 25.5 Å². The minimum absolute atomic E-state index is 0.0256. The van der Waals surface area contributed by atoms with Gasteiger partial charge in [0.1, 0.15) is 9.84 Å². The van der Waals surface area contributed by atoms with Crippen molar-refractivity contribution in [3.8, 4) is 0 Å². The van der Waals surface area contributed by atoms with Gasteiger partial charge in [0.2, 0.25) is 0 Å². The maximum atomic E-state index is 13.3. The molecular formula is C16H25F2N3O3S. The van der Waals surface area contributed by atoms with Gasteiger partial charge in [0.25, 0.3) is 0 Å². The van der Waals surface area contributed by atoms with E-state index in [1.54, 1.807) is 0 Å². The van der Waals surface area contributed by atoms with Crippen LogP contribution in [0.4, 0.5) is 8.78 Å². The van der Waals surface area contributed by atoms with Crippen molar-refractivity contribution < 1.29 is 21.9 Å². The maximum absolute atomic E-state index is 13.3. The molecule has 1 rings (SSSR count). The van der Waals surface area contributed by atoms with Crippen LogP contribution in [0.25, 0.3) is 0 Å². The minimum Gasteiger partial charge on any atom is -0.378 e. The van der Waals surface area contributed by atoms with E-state index in [2.05, 4.69) is 15.6 Å². The lowest BCUT2D eigenvalue weighted by molar-refractivity contribution is 0.157. The SMILES string of the molecule is CCNC(=NCCOCCS(C)(=O)=O)NC(C)c1ccc(F)c(F)c1. The summed E-state index contributed by atoms with van der Waals surface area (Å²) < 4.78 is 53.5. The van der Waals surface area contributed by atoms with Gasteiger partial charge in [0, 0.05) is 12.8 Å². The molecule has 1 atom stereocenters. The summed E-state index contributed by atoms with van der Waals surface area (Å²) in [7, 11) is -3.03. The molecule has 0 saturated carbocycles. The second-order valence-electron chi connectivity index (χ2n) is 5.54. The smallest absolute Gasteiger partial charge is 0.191 e. The Labute approximate surface area is 147 Å². The highest BCUT2D eigenvalue weighted by Gasteiger charge is 2.10. The van der Waals surface area contributed by atoms with Crippen LogP contribution in [0.3, 0.4) is 0 Å². The predicted molar refractivity (Wildman–Crippen MR) is 94.4 cm³/mol. The molecule has 1 unspecified atom stereocenters. The maximum Gasteiger partial charge on any atom is 0.191 e. The molecule has 1 aromatic carbocycles. The van der Waals surface area contributed by atoms with Crippen molar-refractivity contribution in [2.45, 2.75) is 19.9 Å². The minimum atomic E-state index is -3.03. The van der Waals surface area contributed by atoms with Gasteiger partial charge in [0.15, 0.2) is 17.6 Å². The van der Waals surface area contributed by atoms with Crippen molar-refractivity contribution >= 4 is 15.8 Å². The van der Waals surface area contributed by atoms with Gasteiger partial charge in [-0.05, 0) is 31.5 Å². The van der Waals surface area contributed by atoms with E-state index in [9.17, 15) is 17.2 Å². The zero-order chi connectivity index (χ0) is 18.9. The van der Waals surface area contributed by atoms with Crippen LogP contribution in [-0.4, -0.2) is 52.7 Å². The number of halogens is 2. The lowest BCUT2D eigenvalue weighted by atomic mass is 10.1. The second-order valence-corrected chi connectivity index (χ2v) is 7.80. The molecule has 2 N–H and O–H groups in total. The van der Waals surface area contributed by atoms with Crippen LogP contribution in [0.2, 0.25) is 0 Å². The van der Waals surface area contributed by atoms with E-state index in [4.69, 9.17) is 4.74 Å². The number of hydrogen-bond acceptors (Lipinski definition) is 4. The molecule has 0 bridgehead atoms. The van der Waals surface area contributed by atoms with Crippen LogP contribution in [0.5, 0.6) is 0 Å². The molecule has 0 saturated heterocycles. The number of sulfone groups is 1. The highest BCUT2D eigenvalue weighted by Crippen LogP contribution is 2.15. The first-order valence-corrected chi connectivity index (χ1v) is 10.0. The van der Waals surface area contributed by atoms with Crippen molar-refractivity contribution in [2.75, 3.05) is 38.3 Å². The summed E-state index contributed by atoms with van der Waals surface area (Å²) in [5.41, 5.74) is 0.592. The standard InChI is InChI=1S/C16H25F2N3O3S/c1-4-19-16(20-7-8-24-9-10-25(3,22)23)21-12(2)13-5-6-14(17)15(18)11-13/h5-6,11-12H,4,7-10H2,1-3H3,(H2,19,20,21). The molecule has 9 heteroatoms. The van der Waals surface area contributed by atoms with Gasteiger partial charge in [-0.1, -0.05) is 6.07 Å². The first-order chi connectivity index (χ1) is 11.7. The highest BCUT2D eigenvalue weighted by molar-refractivity contribution is 7.90. The Balaban J connectivity index is 2.53. The average molecular weight is 377 g/mol. The van der Waals surface area contributed by atoms with Crippen LogP contribution >= 0.6 is 0 Å². The number of nitrogens with zero attached hydrogens (tertiary/aromatic N) is 1. The second kappa shape index (κ2) is 10.3. The largest absolute Gasteiger partial charge is 0.378 e. The number of ether oxygens (including phenoxy) is 1. The Kier molecular flexibility index (Phi) is 8.77. The zero-order valence-corrected chi connectivity index (χ0v) is 15.5. The van der Waals surface area contributed by atoms with E-state index in [1.165, 1.54) is 6.07 Å². The van der Waals surface area contributed by atoms with Crippen LogP contribution < -0.4 is 10.6 Å². The molecule has 0 aromatic heterocycles. The Bertz CT molecular complexity index is 681. The molecule has 142 valence electrons. The first-order valence-electron chi connectivity index (χ1n) is 7.98. The highest BCUT2D eigenvalue weighted by atomic mass is 32.2. The summed E-state index contributed by atoms with van der Waals surface area (Å²) in [5.74, 6) is -1.30. The van der Waals surface area contributed by atoms with Gasteiger partial charge in [-0.3, -0.25) is 4.99 Å². The fraction of sp³-hybridized carbons (Fsp3) is 0.562. The Hall–Kier alpha value is -1.74. The molecule has 0 heterocycles. The fourth-order valence-corrected chi connectivity index (χ4v) is 2.35. The number of benzene rings is 1. The number of aliphatic imine (C=N–C) groups is 1. The number of nitrogens with one attached hydrogen (secondary N) is 2. The zero-order valence-electron chi connectivity index (χ0n) is 14.7. The summed E-state index contributed by atoms with van der Waals surface area (Å²) in [6.45, 7) is 5.09. The van der Waals surface area contributed by atoms with Crippen LogP contribution in [0.15, 0.2) is 23.2 Å². The van der Waals surface area contributed by atoms with Gasteiger partial charge in [0.05, 0.1) is 31.6 Å². The third-order valence-corrected chi connectivity index (χ3v) is 4.15. The number of guanidine groups is 1. The van der Waals surface area contributed by atoms with Gasteiger partial charge < -0.3 is 15.4 Å². The van der Waals surface area contributed by atoms with Crippen molar-refractivity contribution in [3.63, 3.8) is 0 Å². The quantitative estimate of drug-likeness (QED) is 0.389. The van der Waals surface area contributed by atoms with Crippen LogP contribution in [0, 0.1) is 11.6 Å². The van der Waals surface area contributed by atoms with Gasteiger partial charge >= 0.3 is 0 Å². The fourth-order valence-electron chi connectivity index (χ4n) is 1.92.